The van der Waals surface area contributed by atoms with E-state index in [2.05, 4.69) is 13.8 Å². The van der Waals surface area contributed by atoms with Crippen molar-refractivity contribution in [1.82, 2.24) is 4.90 Å². The Labute approximate surface area is 80.1 Å². The van der Waals surface area contributed by atoms with E-state index in [-0.39, 0.29) is 12.1 Å². The molecule has 1 aliphatic heterocycles. The minimum atomic E-state index is 0.0457. The average molecular weight is 185 g/mol. The smallest absolute Gasteiger partial charge is 0.224 e. The fourth-order valence-corrected chi connectivity index (χ4v) is 1.62. The molecule has 0 aromatic carbocycles. The molecule has 3 nitrogen and oxygen atoms in total. The summed E-state index contributed by atoms with van der Waals surface area (Å²) in [4.78, 5) is 13.5. The maximum atomic E-state index is 11.6. The SMILES string of the molecule is CCCCC(=O)N1CCOC1CC. The summed E-state index contributed by atoms with van der Waals surface area (Å²) in [5, 5.41) is 0. The molecule has 0 aliphatic carbocycles. The Bertz CT molecular complexity index is 170. The molecule has 0 spiro atoms. The fraction of sp³-hybridized carbons (Fsp3) is 0.900. The first-order chi connectivity index (χ1) is 6.29. The Kier molecular flexibility index (Phi) is 4.22. The number of carbonyl (C=O) groups is 1. The normalized spacial score (nSPS) is 22.3. The van der Waals surface area contributed by atoms with Crippen LogP contribution in [0.3, 0.4) is 0 Å². The van der Waals surface area contributed by atoms with Gasteiger partial charge in [-0.05, 0) is 12.8 Å². The van der Waals surface area contributed by atoms with Gasteiger partial charge in [-0.15, -0.1) is 0 Å². The standard InChI is InChI=1S/C10H19NO2/c1-3-5-6-9(12)11-7-8-13-10(11)4-2/h10H,3-8H2,1-2H3. The van der Waals surface area contributed by atoms with Gasteiger partial charge in [0.2, 0.25) is 5.91 Å². The predicted molar refractivity (Wildman–Crippen MR) is 51.3 cm³/mol. The van der Waals surface area contributed by atoms with Crippen LogP contribution in [-0.4, -0.2) is 30.2 Å². The number of hydrogen-bond acceptors (Lipinski definition) is 2. The van der Waals surface area contributed by atoms with E-state index in [1.807, 2.05) is 4.90 Å². The molecule has 0 aromatic heterocycles. The highest BCUT2D eigenvalue weighted by atomic mass is 16.5. The van der Waals surface area contributed by atoms with Crippen LogP contribution in [0.5, 0.6) is 0 Å². The Morgan fingerprint density at radius 1 is 1.54 bits per heavy atom. The van der Waals surface area contributed by atoms with Crippen molar-refractivity contribution in [2.75, 3.05) is 13.2 Å². The molecule has 1 fully saturated rings. The van der Waals surface area contributed by atoms with Crippen LogP contribution in [0.1, 0.15) is 39.5 Å². The monoisotopic (exact) mass is 185 g/mol. The second-order valence-electron chi connectivity index (χ2n) is 3.42. The first kappa shape index (κ1) is 10.5. The van der Waals surface area contributed by atoms with Gasteiger partial charge < -0.3 is 9.64 Å². The van der Waals surface area contributed by atoms with E-state index in [1.54, 1.807) is 0 Å². The Morgan fingerprint density at radius 2 is 2.31 bits per heavy atom. The van der Waals surface area contributed by atoms with Crippen LogP contribution in [-0.2, 0) is 9.53 Å². The quantitative estimate of drug-likeness (QED) is 0.668. The predicted octanol–water partition coefficient (Wildman–Crippen LogP) is 1.77. The summed E-state index contributed by atoms with van der Waals surface area (Å²) in [5.74, 6) is 0.256. The van der Waals surface area contributed by atoms with E-state index in [9.17, 15) is 4.79 Å². The van der Waals surface area contributed by atoms with Gasteiger partial charge in [0, 0.05) is 13.0 Å². The zero-order valence-electron chi connectivity index (χ0n) is 8.58. The highest BCUT2D eigenvalue weighted by molar-refractivity contribution is 5.76. The van der Waals surface area contributed by atoms with Crippen LogP contribution >= 0.6 is 0 Å². The number of ether oxygens (including phenoxy) is 1. The zero-order valence-corrected chi connectivity index (χ0v) is 8.58. The largest absolute Gasteiger partial charge is 0.356 e. The molecule has 0 bridgehead atoms. The van der Waals surface area contributed by atoms with Crippen molar-refractivity contribution in [3.8, 4) is 0 Å². The average Bonchev–Trinajstić information content (AvgIpc) is 2.61. The summed E-state index contributed by atoms with van der Waals surface area (Å²) in [7, 11) is 0. The van der Waals surface area contributed by atoms with Crippen molar-refractivity contribution in [2.24, 2.45) is 0 Å². The third-order valence-electron chi connectivity index (χ3n) is 2.40. The highest BCUT2D eigenvalue weighted by Gasteiger charge is 2.27. The summed E-state index contributed by atoms with van der Waals surface area (Å²) in [6.07, 6.45) is 3.70. The van der Waals surface area contributed by atoms with Gasteiger partial charge >= 0.3 is 0 Å². The van der Waals surface area contributed by atoms with Crippen LogP contribution in [0.25, 0.3) is 0 Å². The minimum absolute atomic E-state index is 0.0457. The van der Waals surface area contributed by atoms with E-state index in [0.717, 1.165) is 25.8 Å². The van der Waals surface area contributed by atoms with Crippen molar-refractivity contribution >= 4 is 5.91 Å². The van der Waals surface area contributed by atoms with E-state index < -0.39 is 0 Å². The molecule has 0 saturated carbocycles. The van der Waals surface area contributed by atoms with Crippen molar-refractivity contribution < 1.29 is 9.53 Å². The number of rotatable bonds is 4. The van der Waals surface area contributed by atoms with Gasteiger partial charge in [0.25, 0.3) is 0 Å². The van der Waals surface area contributed by atoms with Gasteiger partial charge in [-0.3, -0.25) is 4.79 Å². The molecule has 0 radical (unpaired) electrons. The molecule has 0 N–H and O–H groups in total. The van der Waals surface area contributed by atoms with E-state index in [0.29, 0.717) is 13.0 Å². The molecule has 0 aromatic rings. The van der Waals surface area contributed by atoms with Crippen LogP contribution in [0.2, 0.25) is 0 Å². The van der Waals surface area contributed by atoms with Crippen molar-refractivity contribution in [3.63, 3.8) is 0 Å². The van der Waals surface area contributed by atoms with Crippen LogP contribution in [0.15, 0.2) is 0 Å². The molecule has 13 heavy (non-hydrogen) atoms. The lowest BCUT2D eigenvalue weighted by Crippen LogP contribution is -2.35. The molecule has 1 heterocycles. The van der Waals surface area contributed by atoms with Gasteiger partial charge in [-0.25, -0.2) is 0 Å². The molecule has 1 atom stereocenters. The van der Waals surface area contributed by atoms with Gasteiger partial charge in [-0.1, -0.05) is 20.3 Å². The Hall–Kier alpha value is -0.570. The minimum Gasteiger partial charge on any atom is -0.356 e. The number of unbranched alkanes of at least 4 members (excludes halogenated alkanes) is 1. The number of carbonyl (C=O) groups excluding carboxylic acids is 1. The van der Waals surface area contributed by atoms with Crippen LogP contribution < -0.4 is 0 Å². The maximum Gasteiger partial charge on any atom is 0.224 e. The summed E-state index contributed by atoms with van der Waals surface area (Å²) < 4.78 is 5.42. The molecular weight excluding hydrogens is 166 g/mol. The topological polar surface area (TPSA) is 29.5 Å². The third-order valence-corrected chi connectivity index (χ3v) is 2.40. The molecule has 1 unspecified atom stereocenters. The Morgan fingerprint density at radius 3 is 2.92 bits per heavy atom. The molecule has 1 saturated heterocycles. The lowest BCUT2D eigenvalue weighted by atomic mass is 10.2. The van der Waals surface area contributed by atoms with E-state index >= 15 is 0 Å². The van der Waals surface area contributed by atoms with E-state index in [4.69, 9.17) is 4.74 Å². The molecule has 3 heteroatoms. The van der Waals surface area contributed by atoms with Gasteiger partial charge in [0.15, 0.2) is 0 Å². The van der Waals surface area contributed by atoms with Crippen molar-refractivity contribution in [2.45, 2.75) is 45.8 Å². The maximum absolute atomic E-state index is 11.6. The second-order valence-corrected chi connectivity index (χ2v) is 3.42. The van der Waals surface area contributed by atoms with Gasteiger partial charge in [-0.2, -0.15) is 0 Å². The first-order valence-corrected chi connectivity index (χ1v) is 5.20. The summed E-state index contributed by atoms with van der Waals surface area (Å²) >= 11 is 0. The van der Waals surface area contributed by atoms with Gasteiger partial charge in [0.05, 0.1) is 6.61 Å². The van der Waals surface area contributed by atoms with Crippen molar-refractivity contribution in [3.05, 3.63) is 0 Å². The molecule has 1 amide bonds. The molecule has 76 valence electrons. The number of hydrogen-bond donors (Lipinski definition) is 0. The fourth-order valence-electron chi connectivity index (χ4n) is 1.62. The molecule has 1 rings (SSSR count). The second kappa shape index (κ2) is 5.22. The Balaban J connectivity index is 2.36. The highest BCUT2D eigenvalue weighted by Crippen LogP contribution is 2.15. The zero-order chi connectivity index (χ0) is 9.68. The molecular formula is C10H19NO2. The van der Waals surface area contributed by atoms with Gasteiger partial charge in [0.1, 0.15) is 6.23 Å². The summed E-state index contributed by atoms with van der Waals surface area (Å²) in [6.45, 7) is 5.64. The number of nitrogens with zero attached hydrogens (tertiary/aromatic N) is 1. The summed E-state index contributed by atoms with van der Waals surface area (Å²) in [5.41, 5.74) is 0. The number of amides is 1. The van der Waals surface area contributed by atoms with Crippen LogP contribution in [0, 0.1) is 0 Å². The first-order valence-electron chi connectivity index (χ1n) is 5.20. The summed E-state index contributed by atoms with van der Waals surface area (Å²) in [6, 6.07) is 0. The lowest BCUT2D eigenvalue weighted by molar-refractivity contribution is -0.136. The third kappa shape index (κ3) is 2.69. The lowest BCUT2D eigenvalue weighted by Gasteiger charge is -2.21. The molecule has 1 aliphatic rings. The van der Waals surface area contributed by atoms with Crippen LogP contribution in [0.4, 0.5) is 0 Å². The van der Waals surface area contributed by atoms with E-state index in [1.165, 1.54) is 0 Å². The van der Waals surface area contributed by atoms with Crippen molar-refractivity contribution in [1.29, 1.82) is 0 Å².